The van der Waals surface area contributed by atoms with Crippen molar-refractivity contribution in [3.05, 3.63) is 24.3 Å². The smallest absolute Gasteiger partial charge is 0.161 e. The highest BCUT2D eigenvalue weighted by Gasteiger charge is 2.32. The molecular weight excluding hydrogens is 266 g/mol. The molecule has 1 aromatic carbocycles. The Bertz CT molecular complexity index is 445. The summed E-state index contributed by atoms with van der Waals surface area (Å²) in [5, 5.41) is 3.71. The molecule has 0 radical (unpaired) electrons. The van der Waals surface area contributed by atoms with Crippen LogP contribution >= 0.6 is 0 Å². The molecule has 3 atom stereocenters. The molecule has 0 bridgehead atoms. The van der Waals surface area contributed by atoms with Crippen molar-refractivity contribution >= 4 is 0 Å². The zero-order chi connectivity index (χ0) is 14.5. The number of hydrogen-bond acceptors (Lipinski definition) is 4. The van der Waals surface area contributed by atoms with Gasteiger partial charge in [-0.25, -0.2) is 0 Å². The summed E-state index contributed by atoms with van der Waals surface area (Å²) in [5.41, 5.74) is 0. The molecule has 116 valence electrons. The predicted molar refractivity (Wildman–Crippen MR) is 82.0 cm³/mol. The highest BCUT2D eigenvalue weighted by atomic mass is 16.5. The van der Waals surface area contributed by atoms with Crippen molar-refractivity contribution in [1.29, 1.82) is 0 Å². The Morgan fingerprint density at radius 3 is 2.81 bits per heavy atom. The lowest BCUT2D eigenvalue weighted by atomic mass is 10.1. The van der Waals surface area contributed by atoms with Crippen molar-refractivity contribution in [2.45, 2.75) is 50.8 Å². The van der Waals surface area contributed by atoms with E-state index in [0.29, 0.717) is 18.7 Å². The van der Waals surface area contributed by atoms with Crippen LogP contribution in [0.5, 0.6) is 11.5 Å². The van der Waals surface area contributed by atoms with Crippen molar-refractivity contribution in [1.82, 2.24) is 5.32 Å². The molecule has 1 N–H and O–H groups in total. The molecule has 0 unspecified atom stereocenters. The summed E-state index contributed by atoms with van der Waals surface area (Å²) in [5.74, 6) is 1.70. The first-order chi connectivity index (χ1) is 10.4. The van der Waals surface area contributed by atoms with Crippen LogP contribution in [-0.2, 0) is 4.74 Å². The van der Waals surface area contributed by atoms with Crippen LogP contribution in [-0.4, -0.2) is 38.0 Å². The van der Waals surface area contributed by atoms with Crippen LogP contribution in [0.4, 0.5) is 0 Å². The maximum Gasteiger partial charge on any atom is 0.161 e. The van der Waals surface area contributed by atoms with E-state index in [1.165, 1.54) is 12.8 Å². The Kier molecular flexibility index (Phi) is 4.99. The molecule has 3 rings (SSSR count). The van der Waals surface area contributed by atoms with Crippen LogP contribution in [0.3, 0.4) is 0 Å². The molecule has 1 aromatic rings. The van der Waals surface area contributed by atoms with Gasteiger partial charge in [-0.05, 0) is 44.7 Å². The topological polar surface area (TPSA) is 39.7 Å². The Labute approximate surface area is 126 Å². The average Bonchev–Trinajstić information content (AvgIpc) is 3.15. The van der Waals surface area contributed by atoms with Crippen LogP contribution < -0.4 is 14.8 Å². The quantitative estimate of drug-likeness (QED) is 0.875. The molecular formula is C17H25NO3. The summed E-state index contributed by atoms with van der Waals surface area (Å²) < 4.78 is 17.4. The molecule has 1 aliphatic carbocycles. The zero-order valence-corrected chi connectivity index (χ0v) is 12.7. The second-order valence-electron chi connectivity index (χ2n) is 5.80. The van der Waals surface area contributed by atoms with E-state index in [2.05, 4.69) is 5.32 Å². The molecule has 0 aromatic heterocycles. The number of para-hydroxylation sites is 2. The van der Waals surface area contributed by atoms with Gasteiger partial charge in [-0.2, -0.15) is 0 Å². The number of benzene rings is 1. The third-order valence-electron chi connectivity index (χ3n) is 4.26. The molecule has 1 aliphatic heterocycles. The van der Waals surface area contributed by atoms with E-state index in [-0.39, 0.29) is 6.10 Å². The van der Waals surface area contributed by atoms with Gasteiger partial charge in [0.2, 0.25) is 0 Å². The lowest BCUT2D eigenvalue weighted by Crippen LogP contribution is -2.45. The Hall–Kier alpha value is -1.26. The molecule has 0 amide bonds. The fraction of sp³-hybridized carbons (Fsp3) is 0.647. The first-order valence-electron chi connectivity index (χ1n) is 8.09. The van der Waals surface area contributed by atoms with Crippen molar-refractivity contribution in [3.63, 3.8) is 0 Å². The molecule has 21 heavy (non-hydrogen) atoms. The summed E-state index contributed by atoms with van der Waals surface area (Å²) in [6, 6.07) is 8.87. The van der Waals surface area contributed by atoms with Gasteiger partial charge in [0.25, 0.3) is 0 Å². The fourth-order valence-electron chi connectivity index (χ4n) is 3.21. The summed E-state index contributed by atoms with van der Waals surface area (Å²) in [6.45, 7) is 4.37. The van der Waals surface area contributed by atoms with Crippen LogP contribution in [0.15, 0.2) is 24.3 Å². The maximum absolute atomic E-state index is 6.25. The van der Waals surface area contributed by atoms with Gasteiger partial charge in [-0.1, -0.05) is 12.1 Å². The van der Waals surface area contributed by atoms with Gasteiger partial charge in [0.15, 0.2) is 11.5 Å². The lowest BCUT2D eigenvalue weighted by Gasteiger charge is -2.25. The number of hydrogen-bond donors (Lipinski definition) is 1. The van der Waals surface area contributed by atoms with Crippen molar-refractivity contribution in [2.24, 2.45) is 0 Å². The summed E-state index contributed by atoms with van der Waals surface area (Å²) in [4.78, 5) is 0. The first kappa shape index (κ1) is 14.7. The summed E-state index contributed by atoms with van der Waals surface area (Å²) in [6.07, 6.45) is 4.84. The van der Waals surface area contributed by atoms with E-state index < -0.39 is 0 Å². The van der Waals surface area contributed by atoms with Gasteiger partial charge in [0.1, 0.15) is 6.10 Å². The third-order valence-corrected chi connectivity index (χ3v) is 4.26. The van der Waals surface area contributed by atoms with E-state index in [9.17, 15) is 0 Å². The fourth-order valence-corrected chi connectivity index (χ4v) is 3.21. The molecule has 2 aliphatic rings. The van der Waals surface area contributed by atoms with Gasteiger partial charge in [-0.3, -0.25) is 0 Å². The predicted octanol–water partition coefficient (Wildman–Crippen LogP) is 2.76. The molecule has 4 heteroatoms. The second kappa shape index (κ2) is 7.14. The van der Waals surface area contributed by atoms with E-state index in [4.69, 9.17) is 14.2 Å². The molecule has 0 spiro atoms. The van der Waals surface area contributed by atoms with Gasteiger partial charge >= 0.3 is 0 Å². The Morgan fingerprint density at radius 1 is 1.19 bits per heavy atom. The van der Waals surface area contributed by atoms with Gasteiger partial charge < -0.3 is 19.5 Å². The normalized spacial score (nSPS) is 28.7. The highest BCUT2D eigenvalue weighted by Crippen LogP contribution is 2.32. The largest absolute Gasteiger partial charge is 0.490 e. The summed E-state index contributed by atoms with van der Waals surface area (Å²) >= 11 is 0. The number of ether oxygens (including phenoxy) is 3. The minimum absolute atomic E-state index is 0.229. The molecule has 1 saturated heterocycles. The average molecular weight is 291 g/mol. The Morgan fingerprint density at radius 2 is 2.05 bits per heavy atom. The van der Waals surface area contributed by atoms with Crippen molar-refractivity contribution < 1.29 is 14.2 Å². The van der Waals surface area contributed by atoms with E-state index >= 15 is 0 Å². The van der Waals surface area contributed by atoms with Crippen LogP contribution in [0.25, 0.3) is 0 Å². The maximum atomic E-state index is 6.25. The van der Waals surface area contributed by atoms with E-state index in [1.54, 1.807) is 0 Å². The van der Waals surface area contributed by atoms with Gasteiger partial charge in [0, 0.05) is 18.7 Å². The van der Waals surface area contributed by atoms with Crippen LogP contribution in [0.2, 0.25) is 0 Å². The van der Waals surface area contributed by atoms with Gasteiger partial charge in [0.05, 0.1) is 13.2 Å². The minimum atomic E-state index is 0.229. The molecule has 1 saturated carbocycles. The molecule has 1 heterocycles. The highest BCUT2D eigenvalue weighted by molar-refractivity contribution is 5.39. The second-order valence-corrected chi connectivity index (χ2v) is 5.80. The minimum Gasteiger partial charge on any atom is -0.490 e. The Balaban J connectivity index is 1.62. The van der Waals surface area contributed by atoms with Gasteiger partial charge in [-0.15, -0.1) is 0 Å². The first-order valence-corrected chi connectivity index (χ1v) is 8.09. The van der Waals surface area contributed by atoms with Crippen LogP contribution in [0.1, 0.15) is 32.6 Å². The zero-order valence-electron chi connectivity index (χ0n) is 12.7. The standard InChI is InChI=1S/C17H25NO3/c1-2-20-16-7-3-4-8-17(16)21-15-9-5-6-14(15)18-13-10-11-19-12-13/h3-4,7-8,13-15,18H,2,5-6,9-12H2,1H3/t13-,14+,15-/m1/s1. The molecule has 4 nitrogen and oxygen atoms in total. The number of rotatable bonds is 6. The molecule has 2 fully saturated rings. The number of nitrogens with one attached hydrogen (secondary N) is 1. The van der Waals surface area contributed by atoms with Crippen molar-refractivity contribution in [2.75, 3.05) is 19.8 Å². The lowest BCUT2D eigenvalue weighted by molar-refractivity contribution is 0.151. The van der Waals surface area contributed by atoms with E-state index in [1.807, 2.05) is 31.2 Å². The monoisotopic (exact) mass is 291 g/mol. The third kappa shape index (κ3) is 3.69. The summed E-state index contributed by atoms with van der Waals surface area (Å²) in [7, 11) is 0. The van der Waals surface area contributed by atoms with Crippen molar-refractivity contribution in [3.8, 4) is 11.5 Å². The SMILES string of the molecule is CCOc1ccccc1O[C@@H]1CCC[C@@H]1N[C@@H]1CCOC1. The van der Waals surface area contributed by atoms with Crippen LogP contribution in [0, 0.1) is 0 Å². The van der Waals surface area contributed by atoms with E-state index in [0.717, 1.165) is 37.6 Å².